The van der Waals surface area contributed by atoms with Gasteiger partial charge in [-0.05, 0) is 36.4 Å². The average Bonchev–Trinajstić information content (AvgIpc) is 2.46. The summed E-state index contributed by atoms with van der Waals surface area (Å²) in [6.07, 6.45) is 0. The molecule has 0 aliphatic rings. The first-order valence-corrected chi connectivity index (χ1v) is 6.79. The fourth-order valence-corrected chi connectivity index (χ4v) is 2.14. The molecule has 2 rings (SSSR count). The quantitative estimate of drug-likeness (QED) is 0.902. The Morgan fingerprint density at radius 1 is 1.30 bits per heavy atom. The molecule has 0 fully saturated rings. The van der Waals surface area contributed by atoms with E-state index < -0.39 is 0 Å². The first kappa shape index (κ1) is 14.4. The summed E-state index contributed by atoms with van der Waals surface area (Å²) < 4.78 is 5.93. The number of halogens is 1. The number of benzene rings is 2. The van der Waals surface area contributed by atoms with Crippen LogP contribution in [0.5, 0.6) is 11.5 Å². The molecule has 1 amide bonds. The second-order valence-electron chi connectivity index (χ2n) is 4.19. The molecule has 0 atom stereocenters. The second-order valence-corrected chi connectivity index (χ2v) is 5.10. The molecule has 0 heterocycles. The first-order chi connectivity index (χ1) is 9.60. The van der Waals surface area contributed by atoms with E-state index in [-0.39, 0.29) is 18.2 Å². The van der Waals surface area contributed by atoms with Crippen LogP contribution in [-0.2, 0) is 6.54 Å². The number of hydrogen-bond donors (Lipinski definition) is 2. The fourth-order valence-electron chi connectivity index (χ4n) is 1.74. The van der Waals surface area contributed by atoms with Gasteiger partial charge in [0, 0.05) is 22.1 Å². The van der Waals surface area contributed by atoms with Gasteiger partial charge in [-0.1, -0.05) is 22.0 Å². The van der Waals surface area contributed by atoms with Crippen molar-refractivity contribution in [3.63, 3.8) is 0 Å². The lowest BCUT2D eigenvalue weighted by Gasteiger charge is -2.09. The van der Waals surface area contributed by atoms with Crippen LogP contribution in [0.3, 0.4) is 0 Å². The summed E-state index contributed by atoms with van der Waals surface area (Å²) in [5.41, 5.74) is 1.16. The van der Waals surface area contributed by atoms with Crippen molar-refractivity contribution in [2.24, 2.45) is 0 Å². The first-order valence-electron chi connectivity index (χ1n) is 6.00. The highest BCUT2D eigenvalue weighted by atomic mass is 79.9. The maximum absolute atomic E-state index is 12.0. The molecule has 2 aromatic carbocycles. The standard InChI is InChI=1S/C15H14BrNO3/c1-20-13-5-6-14(18)11(8-13)9-17-15(19)10-3-2-4-12(16)7-10/h2-8,18H,9H2,1H3,(H,17,19). The van der Waals surface area contributed by atoms with Crippen LogP contribution in [0.2, 0.25) is 0 Å². The smallest absolute Gasteiger partial charge is 0.251 e. The minimum absolute atomic E-state index is 0.125. The van der Waals surface area contributed by atoms with Gasteiger partial charge < -0.3 is 15.2 Å². The van der Waals surface area contributed by atoms with Crippen molar-refractivity contribution >= 4 is 21.8 Å². The van der Waals surface area contributed by atoms with E-state index in [2.05, 4.69) is 21.2 Å². The lowest BCUT2D eigenvalue weighted by molar-refractivity contribution is 0.0950. The van der Waals surface area contributed by atoms with Crippen LogP contribution in [0, 0.1) is 0 Å². The van der Waals surface area contributed by atoms with E-state index in [1.807, 2.05) is 6.07 Å². The Bertz CT molecular complexity index is 628. The molecule has 0 aromatic heterocycles. The molecule has 0 unspecified atom stereocenters. The number of phenols is 1. The van der Waals surface area contributed by atoms with Crippen LogP contribution in [-0.4, -0.2) is 18.1 Å². The van der Waals surface area contributed by atoms with Crippen molar-refractivity contribution in [2.45, 2.75) is 6.54 Å². The van der Waals surface area contributed by atoms with E-state index in [1.54, 1.807) is 43.5 Å². The molecule has 0 spiro atoms. The molecule has 0 radical (unpaired) electrons. The van der Waals surface area contributed by atoms with Gasteiger partial charge in [0.1, 0.15) is 11.5 Å². The Labute approximate surface area is 125 Å². The number of hydrogen-bond acceptors (Lipinski definition) is 3. The highest BCUT2D eigenvalue weighted by Crippen LogP contribution is 2.22. The minimum Gasteiger partial charge on any atom is -0.508 e. The lowest BCUT2D eigenvalue weighted by Crippen LogP contribution is -2.22. The van der Waals surface area contributed by atoms with Gasteiger partial charge in [-0.25, -0.2) is 0 Å². The number of ether oxygens (including phenoxy) is 1. The molecule has 0 bridgehead atoms. The summed E-state index contributed by atoms with van der Waals surface area (Å²) in [7, 11) is 1.55. The molecular formula is C15H14BrNO3. The molecule has 4 nitrogen and oxygen atoms in total. The number of amides is 1. The molecule has 2 aromatic rings. The zero-order chi connectivity index (χ0) is 14.5. The van der Waals surface area contributed by atoms with E-state index in [9.17, 15) is 9.90 Å². The fraction of sp³-hybridized carbons (Fsp3) is 0.133. The van der Waals surface area contributed by atoms with Crippen molar-refractivity contribution in [2.75, 3.05) is 7.11 Å². The zero-order valence-corrected chi connectivity index (χ0v) is 12.5. The minimum atomic E-state index is -0.200. The molecular weight excluding hydrogens is 322 g/mol. The summed E-state index contributed by atoms with van der Waals surface area (Å²) in [6.45, 7) is 0.231. The molecule has 5 heteroatoms. The maximum atomic E-state index is 12.0. The van der Waals surface area contributed by atoms with E-state index >= 15 is 0 Å². The van der Waals surface area contributed by atoms with Crippen molar-refractivity contribution in [1.82, 2.24) is 5.32 Å². The Hall–Kier alpha value is -2.01. The van der Waals surface area contributed by atoms with Gasteiger partial charge in [0.25, 0.3) is 5.91 Å². The Balaban J connectivity index is 2.07. The van der Waals surface area contributed by atoms with Crippen LogP contribution in [0.25, 0.3) is 0 Å². The highest BCUT2D eigenvalue weighted by Gasteiger charge is 2.08. The molecule has 2 N–H and O–H groups in total. The van der Waals surface area contributed by atoms with Crippen LogP contribution < -0.4 is 10.1 Å². The van der Waals surface area contributed by atoms with E-state index in [0.29, 0.717) is 16.9 Å². The second kappa shape index (κ2) is 6.43. The summed E-state index contributed by atoms with van der Waals surface area (Å²) >= 11 is 3.32. The monoisotopic (exact) mass is 335 g/mol. The van der Waals surface area contributed by atoms with Gasteiger partial charge in [0.05, 0.1) is 7.11 Å². The zero-order valence-electron chi connectivity index (χ0n) is 10.9. The Morgan fingerprint density at radius 3 is 2.80 bits per heavy atom. The van der Waals surface area contributed by atoms with Crippen molar-refractivity contribution < 1.29 is 14.6 Å². The van der Waals surface area contributed by atoms with Crippen LogP contribution >= 0.6 is 15.9 Å². The van der Waals surface area contributed by atoms with Gasteiger partial charge in [0.2, 0.25) is 0 Å². The number of methoxy groups -OCH3 is 1. The summed E-state index contributed by atoms with van der Waals surface area (Å²) in [5, 5.41) is 12.5. The van der Waals surface area contributed by atoms with E-state index in [4.69, 9.17) is 4.74 Å². The molecule has 0 saturated heterocycles. The molecule has 104 valence electrons. The molecule has 0 saturated carbocycles. The van der Waals surface area contributed by atoms with Gasteiger partial charge in [0.15, 0.2) is 0 Å². The van der Waals surface area contributed by atoms with Crippen molar-refractivity contribution in [1.29, 1.82) is 0 Å². The Kier molecular flexibility index (Phi) is 4.63. The highest BCUT2D eigenvalue weighted by molar-refractivity contribution is 9.10. The van der Waals surface area contributed by atoms with Crippen molar-refractivity contribution in [3.05, 3.63) is 58.1 Å². The third kappa shape index (κ3) is 3.51. The third-order valence-corrected chi connectivity index (χ3v) is 3.31. The van der Waals surface area contributed by atoms with Crippen LogP contribution in [0.4, 0.5) is 0 Å². The lowest BCUT2D eigenvalue weighted by atomic mass is 10.1. The average molecular weight is 336 g/mol. The van der Waals surface area contributed by atoms with E-state index in [1.165, 1.54) is 0 Å². The number of nitrogens with one attached hydrogen (secondary N) is 1. The number of aromatic hydroxyl groups is 1. The predicted molar refractivity (Wildman–Crippen MR) is 80.0 cm³/mol. The number of phenolic OH excluding ortho intramolecular Hbond substituents is 1. The molecule has 0 aliphatic heterocycles. The van der Waals surface area contributed by atoms with Gasteiger partial charge in [-0.3, -0.25) is 4.79 Å². The number of rotatable bonds is 4. The van der Waals surface area contributed by atoms with Gasteiger partial charge in [-0.2, -0.15) is 0 Å². The normalized spacial score (nSPS) is 10.1. The number of carbonyl (C=O) groups is 1. The van der Waals surface area contributed by atoms with Gasteiger partial charge in [-0.15, -0.1) is 0 Å². The van der Waals surface area contributed by atoms with E-state index in [0.717, 1.165) is 4.47 Å². The summed E-state index contributed by atoms with van der Waals surface area (Å²) in [5.74, 6) is 0.559. The molecule has 20 heavy (non-hydrogen) atoms. The molecule has 0 aliphatic carbocycles. The predicted octanol–water partition coefficient (Wildman–Crippen LogP) is 3.09. The Morgan fingerprint density at radius 2 is 2.10 bits per heavy atom. The SMILES string of the molecule is COc1ccc(O)c(CNC(=O)c2cccc(Br)c2)c1. The van der Waals surface area contributed by atoms with Crippen LogP contribution in [0.15, 0.2) is 46.9 Å². The number of carbonyl (C=O) groups excluding carboxylic acids is 1. The third-order valence-electron chi connectivity index (χ3n) is 2.81. The maximum Gasteiger partial charge on any atom is 0.251 e. The summed E-state index contributed by atoms with van der Waals surface area (Å²) in [6, 6.07) is 12.0. The van der Waals surface area contributed by atoms with Crippen LogP contribution in [0.1, 0.15) is 15.9 Å². The topological polar surface area (TPSA) is 58.6 Å². The van der Waals surface area contributed by atoms with Crippen molar-refractivity contribution in [3.8, 4) is 11.5 Å². The summed E-state index contributed by atoms with van der Waals surface area (Å²) in [4.78, 5) is 12.0. The van der Waals surface area contributed by atoms with Gasteiger partial charge >= 0.3 is 0 Å². The largest absolute Gasteiger partial charge is 0.508 e.